The van der Waals surface area contributed by atoms with E-state index in [0.717, 1.165) is 16.8 Å². The van der Waals surface area contributed by atoms with Gasteiger partial charge in [0.1, 0.15) is 10.5 Å². The van der Waals surface area contributed by atoms with Gasteiger partial charge in [0, 0.05) is 12.7 Å². The Kier molecular flexibility index (Phi) is 7.00. The van der Waals surface area contributed by atoms with E-state index in [2.05, 4.69) is 30.6 Å². The summed E-state index contributed by atoms with van der Waals surface area (Å²) in [6, 6.07) is 7.13. The number of aryl methyl sites for hydroxylation is 1. The summed E-state index contributed by atoms with van der Waals surface area (Å²) in [6.45, 7) is 3.91. The predicted octanol–water partition coefficient (Wildman–Crippen LogP) is 2.72. The minimum Gasteiger partial charge on any atom is -0.350 e. The molecule has 0 aliphatic carbocycles. The summed E-state index contributed by atoms with van der Waals surface area (Å²) in [4.78, 5) is 30.1. The number of carbonyl (C=O) groups is 1. The van der Waals surface area contributed by atoms with Crippen LogP contribution in [0.25, 0.3) is 10.3 Å². The zero-order valence-corrected chi connectivity index (χ0v) is 20.5. The Hall–Kier alpha value is -3.55. The van der Waals surface area contributed by atoms with Crippen LogP contribution in [0.15, 0.2) is 47.6 Å². The molecule has 3 heterocycles. The van der Waals surface area contributed by atoms with Crippen molar-refractivity contribution in [1.82, 2.24) is 25.3 Å². The summed E-state index contributed by atoms with van der Waals surface area (Å²) in [5, 5.41) is 11.8. The molecule has 10 nitrogen and oxygen atoms in total. The van der Waals surface area contributed by atoms with Crippen molar-refractivity contribution in [2.75, 3.05) is 11.9 Å². The van der Waals surface area contributed by atoms with Gasteiger partial charge in [-0.25, -0.2) is 27.9 Å². The molecule has 13 heteroatoms. The standard InChI is InChI=1S/C22H22FN7O3S2/c1-12(15-9-16(23)11-25-10-15)27-22-29-18(19-20(30-22)28-13(2)34-19)21(31)26-8-7-14-3-5-17(6-4-14)35(24,32)33/h3-6,9-12H,7-8H2,1-2H3,(H,26,31)(H2,24,32,33)(H,27,29,30)/t12-/m0/s1. The largest absolute Gasteiger partial charge is 0.350 e. The van der Waals surface area contributed by atoms with E-state index in [9.17, 15) is 17.6 Å². The third kappa shape index (κ3) is 5.93. The van der Waals surface area contributed by atoms with Crippen LogP contribution in [0.2, 0.25) is 0 Å². The smallest absolute Gasteiger partial charge is 0.271 e. The zero-order chi connectivity index (χ0) is 25.2. The van der Waals surface area contributed by atoms with Crippen LogP contribution in [0.4, 0.5) is 10.3 Å². The van der Waals surface area contributed by atoms with Gasteiger partial charge in [0.2, 0.25) is 16.0 Å². The molecule has 4 N–H and O–H groups in total. The molecule has 4 rings (SSSR count). The summed E-state index contributed by atoms with van der Waals surface area (Å²) in [5.74, 6) is -0.671. The van der Waals surface area contributed by atoms with Crippen molar-refractivity contribution in [2.45, 2.75) is 31.2 Å². The monoisotopic (exact) mass is 515 g/mol. The van der Waals surface area contributed by atoms with Gasteiger partial charge in [-0.3, -0.25) is 9.78 Å². The van der Waals surface area contributed by atoms with Crippen molar-refractivity contribution in [3.63, 3.8) is 0 Å². The van der Waals surface area contributed by atoms with Crippen molar-refractivity contribution >= 4 is 43.6 Å². The Balaban J connectivity index is 1.49. The Morgan fingerprint density at radius 2 is 1.91 bits per heavy atom. The van der Waals surface area contributed by atoms with Gasteiger partial charge in [-0.05, 0) is 49.6 Å². The fourth-order valence-corrected chi connectivity index (χ4v) is 4.70. The number of hydrogen-bond acceptors (Lipinski definition) is 9. The number of aromatic nitrogens is 4. The maximum Gasteiger partial charge on any atom is 0.271 e. The molecule has 0 spiro atoms. The fourth-order valence-electron chi connectivity index (χ4n) is 3.34. The number of rotatable bonds is 8. The first-order valence-electron chi connectivity index (χ1n) is 10.5. The molecule has 35 heavy (non-hydrogen) atoms. The van der Waals surface area contributed by atoms with Gasteiger partial charge in [0.25, 0.3) is 5.91 Å². The van der Waals surface area contributed by atoms with Crippen LogP contribution < -0.4 is 15.8 Å². The van der Waals surface area contributed by atoms with Crippen molar-refractivity contribution in [3.05, 3.63) is 70.4 Å². The van der Waals surface area contributed by atoms with E-state index in [0.29, 0.717) is 28.9 Å². The highest BCUT2D eigenvalue weighted by Gasteiger charge is 2.19. The minimum atomic E-state index is -3.76. The number of primary sulfonamides is 1. The van der Waals surface area contributed by atoms with Crippen LogP contribution in [-0.4, -0.2) is 40.8 Å². The number of thiazole rings is 1. The second-order valence-electron chi connectivity index (χ2n) is 7.78. The topological polar surface area (TPSA) is 153 Å². The fraction of sp³-hybridized carbons (Fsp3) is 0.227. The van der Waals surface area contributed by atoms with Crippen LogP contribution in [0.5, 0.6) is 0 Å². The maximum absolute atomic E-state index is 13.5. The van der Waals surface area contributed by atoms with Gasteiger partial charge in [-0.2, -0.15) is 4.98 Å². The van der Waals surface area contributed by atoms with Gasteiger partial charge < -0.3 is 10.6 Å². The summed E-state index contributed by atoms with van der Waals surface area (Å²) < 4.78 is 36.9. The Morgan fingerprint density at radius 3 is 2.60 bits per heavy atom. The third-order valence-corrected chi connectivity index (χ3v) is 6.99. The molecule has 1 aromatic carbocycles. The van der Waals surface area contributed by atoms with E-state index in [1.807, 2.05) is 6.92 Å². The molecule has 1 atom stereocenters. The molecule has 3 aromatic heterocycles. The van der Waals surface area contributed by atoms with E-state index >= 15 is 0 Å². The van der Waals surface area contributed by atoms with Crippen molar-refractivity contribution < 1.29 is 17.6 Å². The molecular formula is C22H22FN7O3S2. The molecule has 0 aliphatic rings. The molecule has 0 aliphatic heterocycles. The number of benzene rings is 1. The maximum atomic E-state index is 13.5. The second kappa shape index (κ2) is 9.98. The lowest BCUT2D eigenvalue weighted by Gasteiger charge is -2.14. The number of sulfonamides is 1. The molecular weight excluding hydrogens is 493 g/mol. The van der Waals surface area contributed by atoms with E-state index in [-0.39, 0.29) is 22.6 Å². The van der Waals surface area contributed by atoms with Crippen LogP contribution in [-0.2, 0) is 16.4 Å². The first-order chi connectivity index (χ1) is 16.6. The lowest BCUT2D eigenvalue weighted by atomic mass is 10.1. The number of nitrogens with one attached hydrogen (secondary N) is 2. The van der Waals surface area contributed by atoms with E-state index in [1.165, 1.54) is 35.7 Å². The molecule has 0 saturated heterocycles. The molecule has 182 valence electrons. The molecule has 0 radical (unpaired) electrons. The number of nitrogens with two attached hydrogens (primary N) is 1. The molecule has 4 aromatic rings. The number of pyridine rings is 1. The summed E-state index contributed by atoms with van der Waals surface area (Å²) in [5.41, 5.74) is 2.00. The highest BCUT2D eigenvalue weighted by atomic mass is 32.2. The normalized spacial score (nSPS) is 12.5. The number of carbonyl (C=O) groups excluding carboxylic acids is 1. The number of fused-ring (bicyclic) bond motifs is 1. The van der Waals surface area contributed by atoms with Gasteiger partial charge in [-0.1, -0.05) is 12.1 Å². The predicted molar refractivity (Wildman–Crippen MR) is 130 cm³/mol. The molecule has 0 fully saturated rings. The van der Waals surface area contributed by atoms with Crippen LogP contribution in [0.1, 0.15) is 39.6 Å². The molecule has 0 bridgehead atoms. The molecule has 0 unspecified atom stereocenters. The first-order valence-corrected chi connectivity index (χ1v) is 12.9. The average Bonchev–Trinajstić information content (AvgIpc) is 3.18. The highest BCUT2D eigenvalue weighted by Crippen LogP contribution is 2.26. The lowest BCUT2D eigenvalue weighted by molar-refractivity contribution is 0.0951. The quantitative estimate of drug-likeness (QED) is 0.324. The van der Waals surface area contributed by atoms with Crippen molar-refractivity contribution in [1.29, 1.82) is 0 Å². The van der Waals surface area contributed by atoms with E-state index < -0.39 is 21.7 Å². The average molecular weight is 516 g/mol. The number of amides is 1. The second-order valence-corrected chi connectivity index (χ2v) is 10.5. The van der Waals surface area contributed by atoms with Crippen LogP contribution in [0, 0.1) is 12.7 Å². The summed E-state index contributed by atoms with van der Waals surface area (Å²) >= 11 is 1.31. The Morgan fingerprint density at radius 1 is 1.17 bits per heavy atom. The minimum absolute atomic E-state index is 0.0255. The number of nitrogens with zero attached hydrogens (tertiary/aromatic N) is 4. The van der Waals surface area contributed by atoms with Gasteiger partial charge in [0.05, 0.1) is 22.1 Å². The number of hydrogen-bond donors (Lipinski definition) is 3. The summed E-state index contributed by atoms with van der Waals surface area (Å²) in [6.07, 6.45) is 3.13. The van der Waals surface area contributed by atoms with Crippen molar-refractivity contribution in [2.24, 2.45) is 5.14 Å². The number of anilines is 1. The lowest BCUT2D eigenvalue weighted by Crippen LogP contribution is -2.27. The van der Waals surface area contributed by atoms with Crippen LogP contribution in [0.3, 0.4) is 0 Å². The molecule has 1 amide bonds. The summed E-state index contributed by atoms with van der Waals surface area (Å²) in [7, 11) is -3.76. The van der Waals surface area contributed by atoms with Gasteiger partial charge in [0.15, 0.2) is 11.3 Å². The van der Waals surface area contributed by atoms with E-state index in [4.69, 9.17) is 5.14 Å². The Labute approximate surface area is 204 Å². The third-order valence-electron chi connectivity index (χ3n) is 5.10. The van der Waals surface area contributed by atoms with Crippen LogP contribution >= 0.6 is 11.3 Å². The van der Waals surface area contributed by atoms with Crippen molar-refractivity contribution in [3.8, 4) is 0 Å². The van der Waals surface area contributed by atoms with Gasteiger partial charge >= 0.3 is 0 Å². The zero-order valence-electron chi connectivity index (χ0n) is 18.8. The highest BCUT2D eigenvalue weighted by molar-refractivity contribution is 7.89. The first kappa shape index (κ1) is 24.6. The van der Waals surface area contributed by atoms with Gasteiger partial charge in [-0.15, -0.1) is 11.3 Å². The number of halogens is 1. The SMILES string of the molecule is Cc1nc2nc(N[C@@H](C)c3cncc(F)c3)nc(C(=O)NCCc3ccc(S(N)(=O)=O)cc3)c2s1. The van der Waals surface area contributed by atoms with E-state index in [1.54, 1.807) is 19.1 Å². The Bertz CT molecular complexity index is 1490. The molecule has 0 saturated carbocycles.